The van der Waals surface area contributed by atoms with Crippen molar-refractivity contribution in [2.75, 3.05) is 13.1 Å². The number of nitrogens with one attached hydrogen (secondary N) is 3. The largest absolute Gasteiger partial charge is 0.479 e. The van der Waals surface area contributed by atoms with Gasteiger partial charge in [0.2, 0.25) is 5.91 Å². The Hall–Kier alpha value is -1.83. The number of carboxylic acids is 1. The standard InChI is InChI=1S/C10H17N3O5/c1-10(18,8(15)16)5-12-9(17)13-6-3-2-4-11-7(6)14/h6,18H,2-5H2,1H3,(H,11,14)(H,15,16)(H2,12,13,17). The number of urea groups is 1. The predicted octanol–water partition coefficient (Wildman–Crippen LogP) is -1.60. The first kappa shape index (κ1) is 14.2. The summed E-state index contributed by atoms with van der Waals surface area (Å²) in [6.45, 7) is 1.22. The fraction of sp³-hybridized carbons (Fsp3) is 0.700. The third-order valence-corrected chi connectivity index (χ3v) is 2.64. The highest BCUT2D eigenvalue weighted by Crippen LogP contribution is 2.03. The third kappa shape index (κ3) is 3.88. The minimum absolute atomic E-state index is 0.263. The van der Waals surface area contributed by atoms with E-state index in [1.54, 1.807) is 0 Å². The number of rotatable bonds is 4. The average Bonchev–Trinajstić information content (AvgIpc) is 2.29. The van der Waals surface area contributed by atoms with Crippen LogP contribution in [0.2, 0.25) is 0 Å². The lowest BCUT2D eigenvalue weighted by Gasteiger charge is -2.24. The SMILES string of the molecule is CC(O)(CNC(=O)NC1CCCNC1=O)C(=O)O. The van der Waals surface area contributed by atoms with Crippen molar-refractivity contribution >= 4 is 17.9 Å². The van der Waals surface area contributed by atoms with E-state index in [9.17, 15) is 19.5 Å². The molecule has 1 aliphatic rings. The quantitative estimate of drug-likeness (QED) is 0.415. The number of aliphatic carboxylic acids is 1. The summed E-state index contributed by atoms with van der Waals surface area (Å²) in [4.78, 5) is 33.4. The number of carbonyl (C=O) groups is 3. The van der Waals surface area contributed by atoms with Gasteiger partial charge in [-0.3, -0.25) is 4.79 Å². The van der Waals surface area contributed by atoms with Gasteiger partial charge in [0.1, 0.15) is 6.04 Å². The smallest absolute Gasteiger partial charge is 0.337 e. The van der Waals surface area contributed by atoms with Crippen molar-refractivity contribution in [3.05, 3.63) is 0 Å². The summed E-state index contributed by atoms with van der Waals surface area (Å²) in [7, 11) is 0. The summed E-state index contributed by atoms with van der Waals surface area (Å²) in [5, 5.41) is 25.2. The molecule has 3 amide bonds. The highest BCUT2D eigenvalue weighted by atomic mass is 16.4. The Morgan fingerprint density at radius 1 is 1.56 bits per heavy atom. The molecular formula is C10H17N3O5. The van der Waals surface area contributed by atoms with Gasteiger partial charge in [-0.1, -0.05) is 0 Å². The monoisotopic (exact) mass is 259 g/mol. The highest BCUT2D eigenvalue weighted by Gasteiger charge is 2.31. The van der Waals surface area contributed by atoms with Crippen LogP contribution < -0.4 is 16.0 Å². The zero-order valence-electron chi connectivity index (χ0n) is 10.0. The molecule has 0 aromatic rings. The summed E-state index contributed by atoms with van der Waals surface area (Å²) in [6.07, 6.45) is 1.30. The molecule has 0 spiro atoms. The molecule has 102 valence electrons. The fourth-order valence-corrected chi connectivity index (χ4v) is 1.45. The number of hydrogen-bond donors (Lipinski definition) is 5. The molecule has 5 N–H and O–H groups in total. The Balaban J connectivity index is 2.38. The van der Waals surface area contributed by atoms with Crippen molar-refractivity contribution in [1.29, 1.82) is 0 Å². The van der Waals surface area contributed by atoms with E-state index in [1.165, 1.54) is 0 Å². The van der Waals surface area contributed by atoms with Crippen molar-refractivity contribution in [2.45, 2.75) is 31.4 Å². The van der Waals surface area contributed by atoms with Gasteiger partial charge in [0.25, 0.3) is 0 Å². The third-order valence-electron chi connectivity index (χ3n) is 2.64. The van der Waals surface area contributed by atoms with Gasteiger partial charge in [0.15, 0.2) is 5.60 Å². The van der Waals surface area contributed by atoms with E-state index in [1.807, 2.05) is 0 Å². The second-order valence-corrected chi connectivity index (χ2v) is 4.39. The molecule has 18 heavy (non-hydrogen) atoms. The first-order valence-corrected chi connectivity index (χ1v) is 5.61. The molecule has 1 fully saturated rings. The second-order valence-electron chi connectivity index (χ2n) is 4.39. The van der Waals surface area contributed by atoms with E-state index >= 15 is 0 Å². The topological polar surface area (TPSA) is 128 Å². The minimum atomic E-state index is -2.04. The van der Waals surface area contributed by atoms with Crippen LogP contribution in [-0.2, 0) is 9.59 Å². The molecule has 1 saturated heterocycles. The molecule has 1 rings (SSSR count). The van der Waals surface area contributed by atoms with Crippen molar-refractivity contribution in [3.63, 3.8) is 0 Å². The molecule has 0 aliphatic carbocycles. The van der Waals surface area contributed by atoms with E-state index in [2.05, 4.69) is 16.0 Å². The lowest BCUT2D eigenvalue weighted by atomic mass is 10.1. The molecule has 0 aromatic carbocycles. The second kappa shape index (κ2) is 5.67. The maximum absolute atomic E-state index is 11.4. The van der Waals surface area contributed by atoms with Crippen LogP contribution in [-0.4, -0.2) is 52.9 Å². The summed E-state index contributed by atoms with van der Waals surface area (Å²) in [6, 6.07) is -1.30. The molecule has 8 heteroatoms. The maximum atomic E-state index is 11.4. The average molecular weight is 259 g/mol. The van der Waals surface area contributed by atoms with Crippen LogP contribution in [0.15, 0.2) is 0 Å². The van der Waals surface area contributed by atoms with E-state index in [-0.39, 0.29) is 5.91 Å². The minimum Gasteiger partial charge on any atom is -0.479 e. The molecule has 1 heterocycles. The molecule has 1 aliphatic heterocycles. The molecule has 0 radical (unpaired) electrons. The zero-order chi connectivity index (χ0) is 13.8. The van der Waals surface area contributed by atoms with Crippen LogP contribution >= 0.6 is 0 Å². The van der Waals surface area contributed by atoms with Gasteiger partial charge in [-0.25, -0.2) is 9.59 Å². The number of hydrogen-bond acceptors (Lipinski definition) is 4. The van der Waals surface area contributed by atoms with Gasteiger partial charge in [-0.2, -0.15) is 0 Å². The number of aliphatic hydroxyl groups is 1. The normalized spacial score (nSPS) is 22.6. The molecular weight excluding hydrogens is 242 g/mol. The summed E-state index contributed by atoms with van der Waals surface area (Å²) >= 11 is 0. The number of piperidine rings is 1. The Labute approximate surface area is 104 Å². The number of carboxylic acid groups (broad SMARTS) is 1. The van der Waals surface area contributed by atoms with Gasteiger partial charge in [-0.15, -0.1) is 0 Å². The van der Waals surface area contributed by atoms with Crippen molar-refractivity contribution < 1.29 is 24.6 Å². The first-order chi connectivity index (χ1) is 8.33. The highest BCUT2D eigenvalue weighted by molar-refractivity contribution is 5.87. The lowest BCUT2D eigenvalue weighted by Crippen LogP contribution is -2.55. The molecule has 8 nitrogen and oxygen atoms in total. The molecule has 2 unspecified atom stereocenters. The van der Waals surface area contributed by atoms with Crippen LogP contribution in [0, 0.1) is 0 Å². The van der Waals surface area contributed by atoms with Crippen molar-refractivity contribution in [1.82, 2.24) is 16.0 Å². The van der Waals surface area contributed by atoms with E-state index in [0.29, 0.717) is 13.0 Å². The Kier molecular flexibility index (Phi) is 4.49. The number of carbonyl (C=O) groups excluding carboxylic acids is 2. The number of amides is 3. The van der Waals surface area contributed by atoms with E-state index < -0.39 is 30.2 Å². The van der Waals surface area contributed by atoms with Gasteiger partial charge >= 0.3 is 12.0 Å². The van der Waals surface area contributed by atoms with Gasteiger partial charge in [0, 0.05) is 6.54 Å². The van der Waals surface area contributed by atoms with Crippen LogP contribution in [0.1, 0.15) is 19.8 Å². The van der Waals surface area contributed by atoms with E-state index in [0.717, 1.165) is 13.3 Å². The molecule has 2 atom stereocenters. The lowest BCUT2D eigenvalue weighted by molar-refractivity contribution is -0.155. The van der Waals surface area contributed by atoms with Gasteiger partial charge in [0.05, 0.1) is 6.54 Å². The Morgan fingerprint density at radius 2 is 2.22 bits per heavy atom. The van der Waals surface area contributed by atoms with Crippen LogP contribution in [0.3, 0.4) is 0 Å². The Bertz CT molecular complexity index is 355. The maximum Gasteiger partial charge on any atom is 0.337 e. The molecule has 0 saturated carbocycles. The Morgan fingerprint density at radius 3 is 2.78 bits per heavy atom. The fourth-order valence-electron chi connectivity index (χ4n) is 1.45. The predicted molar refractivity (Wildman–Crippen MR) is 60.8 cm³/mol. The molecule has 0 aromatic heterocycles. The van der Waals surface area contributed by atoms with Crippen molar-refractivity contribution in [3.8, 4) is 0 Å². The van der Waals surface area contributed by atoms with E-state index in [4.69, 9.17) is 5.11 Å². The summed E-state index contributed by atoms with van der Waals surface area (Å²) in [5.41, 5.74) is -2.04. The van der Waals surface area contributed by atoms with Gasteiger partial charge < -0.3 is 26.2 Å². The van der Waals surface area contributed by atoms with Crippen LogP contribution in [0.5, 0.6) is 0 Å². The van der Waals surface area contributed by atoms with Crippen LogP contribution in [0.4, 0.5) is 4.79 Å². The first-order valence-electron chi connectivity index (χ1n) is 5.61. The zero-order valence-corrected chi connectivity index (χ0v) is 10.0. The summed E-state index contributed by atoms with van der Waals surface area (Å²) < 4.78 is 0. The van der Waals surface area contributed by atoms with Crippen LogP contribution in [0.25, 0.3) is 0 Å². The van der Waals surface area contributed by atoms with Gasteiger partial charge in [-0.05, 0) is 19.8 Å². The summed E-state index contributed by atoms with van der Waals surface area (Å²) in [5.74, 6) is -1.69. The molecule has 0 bridgehead atoms. The van der Waals surface area contributed by atoms with Crippen molar-refractivity contribution in [2.24, 2.45) is 0 Å².